The SMILES string of the molecule is Cc1nn(C)c(C)c1OCC(=O)NCC1CCCNC1. The molecule has 0 aromatic carbocycles. The van der Waals surface area contributed by atoms with Gasteiger partial charge in [-0.15, -0.1) is 0 Å². The average Bonchev–Trinajstić information content (AvgIpc) is 2.69. The molecule has 1 amide bonds. The maximum Gasteiger partial charge on any atom is 0.257 e. The lowest BCUT2D eigenvalue weighted by molar-refractivity contribution is -0.123. The predicted molar refractivity (Wildman–Crippen MR) is 76.8 cm³/mol. The molecule has 20 heavy (non-hydrogen) atoms. The van der Waals surface area contributed by atoms with Gasteiger partial charge in [0.05, 0.1) is 5.69 Å². The molecule has 1 saturated heterocycles. The Morgan fingerprint density at radius 3 is 2.95 bits per heavy atom. The van der Waals surface area contributed by atoms with E-state index in [9.17, 15) is 4.79 Å². The van der Waals surface area contributed by atoms with Gasteiger partial charge in [-0.1, -0.05) is 0 Å². The van der Waals surface area contributed by atoms with E-state index in [-0.39, 0.29) is 12.5 Å². The first-order chi connectivity index (χ1) is 9.58. The monoisotopic (exact) mass is 280 g/mol. The molecule has 2 N–H and O–H groups in total. The summed E-state index contributed by atoms with van der Waals surface area (Å²) in [6.07, 6.45) is 2.36. The molecule has 6 heteroatoms. The van der Waals surface area contributed by atoms with Gasteiger partial charge in [-0.2, -0.15) is 5.10 Å². The van der Waals surface area contributed by atoms with Gasteiger partial charge in [-0.25, -0.2) is 0 Å². The fourth-order valence-corrected chi connectivity index (χ4v) is 2.51. The minimum absolute atomic E-state index is 0.0491. The molecule has 0 saturated carbocycles. The summed E-state index contributed by atoms with van der Waals surface area (Å²) in [6.45, 7) is 6.66. The highest BCUT2D eigenvalue weighted by Crippen LogP contribution is 2.20. The number of hydrogen-bond donors (Lipinski definition) is 2. The Balaban J connectivity index is 1.74. The molecule has 0 spiro atoms. The molecule has 2 rings (SSSR count). The molecule has 112 valence electrons. The standard InChI is InChI=1S/C14H24N4O2/c1-10-14(11(2)18(3)17-10)20-9-13(19)16-8-12-5-4-6-15-7-12/h12,15H,4-9H2,1-3H3,(H,16,19). The molecular formula is C14H24N4O2. The summed E-state index contributed by atoms with van der Waals surface area (Å²) in [5, 5.41) is 10.5. The third-order valence-corrected chi connectivity index (χ3v) is 3.78. The Morgan fingerprint density at radius 1 is 1.55 bits per heavy atom. The van der Waals surface area contributed by atoms with Crippen molar-refractivity contribution in [2.45, 2.75) is 26.7 Å². The number of amides is 1. The summed E-state index contributed by atoms with van der Waals surface area (Å²) in [4.78, 5) is 11.8. The van der Waals surface area contributed by atoms with Crippen LogP contribution in [0.15, 0.2) is 0 Å². The first-order valence-electron chi connectivity index (χ1n) is 7.18. The van der Waals surface area contributed by atoms with Crippen molar-refractivity contribution in [3.8, 4) is 5.75 Å². The van der Waals surface area contributed by atoms with Gasteiger partial charge >= 0.3 is 0 Å². The third kappa shape index (κ3) is 3.72. The Morgan fingerprint density at radius 2 is 2.35 bits per heavy atom. The van der Waals surface area contributed by atoms with E-state index in [0.29, 0.717) is 11.7 Å². The van der Waals surface area contributed by atoms with Crippen molar-refractivity contribution in [3.05, 3.63) is 11.4 Å². The fourth-order valence-electron chi connectivity index (χ4n) is 2.51. The predicted octanol–water partition coefficient (Wildman–Crippen LogP) is 0.532. The molecular weight excluding hydrogens is 256 g/mol. The van der Waals surface area contributed by atoms with Crippen LogP contribution in [-0.2, 0) is 11.8 Å². The van der Waals surface area contributed by atoms with Crippen LogP contribution in [0.4, 0.5) is 0 Å². The zero-order chi connectivity index (χ0) is 14.5. The lowest BCUT2D eigenvalue weighted by Crippen LogP contribution is -2.39. The van der Waals surface area contributed by atoms with Crippen molar-refractivity contribution in [2.24, 2.45) is 13.0 Å². The van der Waals surface area contributed by atoms with E-state index in [1.807, 2.05) is 20.9 Å². The van der Waals surface area contributed by atoms with Crippen LogP contribution in [-0.4, -0.2) is 41.9 Å². The second-order valence-corrected chi connectivity index (χ2v) is 5.43. The van der Waals surface area contributed by atoms with Crippen LogP contribution in [0.3, 0.4) is 0 Å². The summed E-state index contributed by atoms with van der Waals surface area (Å²) in [6, 6.07) is 0. The lowest BCUT2D eigenvalue weighted by Gasteiger charge is -2.22. The van der Waals surface area contributed by atoms with Crippen molar-refractivity contribution >= 4 is 5.91 Å². The van der Waals surface area contributed by atoms with Crippen molar-refractivity contribution in [2.75, 3.05) is 26.2 Å². The van der Waals surface area contributed by atoms with Gasteiger partial charge in [0.1, 0.15) is 5.69 Å². The Labute approximate surface area is 119 Å². The van der Waals surface area contributed by atoms with Crippen LogP contribution in [0.5, 0.6) is 5.75 Å². The highest BCUT2D eigenvalue weighted by atomic mass is 16.5. The second kappa shape index (κ2) is 6.74. The smallest absolute Gasteiger partial charge is 0.257 e. The Bertz CT molecular complexity index is 464. The molecule has 6 nitrogen and oxygen atoms in total. The molecule has 1 fully saturated rings. The van der Waals surface area contributed by atoms with E-state index in [1.54, 1.807) is 4.68 Å². The van der Waals surface area contributed by atoms with E-state index in [1.165, 1.54) is 12.8 Å². The van der Waals surface area contributed by atoms with Crippen molar-refractivity contribution < 1.29 is 9.53 Å². The van der Waals surface area contributed by atoms with Crippen LogP contribution in [0.2, 0.25) is 0 Å². The highest BCUT2D eigenvalue weighted by molar-refractivity contribution is 5.77. The van der Waals surface area contributed by atoms with Crippen molar-refractivity contribution in [3.63, 3.8) is 0 Å². The lowest BCUT2D eigenvalue weighted by atomic mass is 10.00. The van der Waals surface area contributed by atoms with Crippen LogP contribution in [0.1, 0.15) is 24.2 Å². The van der Waals surface area contributed by atoms with Gasteiger partial charge in [0.15, 0.2) is 12.4 Å². The quantitative estimate of drug-likeness (QED) is 0.825. The first-order valence-corrected chi connectivity index (χ1v) is 7.18. The van der Waals surface area contributed by atoms with Crippen LogP contribution in [0, 0.1) is 19.8 Å². The minimum atomic E-state index is -0.0711. The molecule has 1 unspecified atom stereocenters. The van der Waals surface area contributed by atoms with Gasteiger partial charge in [0, 0.05) is 13.6 Å². The largest absolute Gasteiger partial charge is 0.480 e. The third-order valence-electron chi connectivity index (χ3n) is 3.78. The molecule has 1 aliphatic rings. The summed E-state index contributed by atoms with van der Waals surface area (Å²) in [5.74, 6) is 1.18. The topological polar surface area (TPSA) is 68.2 Å². The van der Waals surface area contributed by atoms with Crippen LogP contribution >= 0.6 is 0 Å². The zero-order valence-electron chi connectivity index (χ0n) is 12.5. The molecule has 0 aliphatic carbocycles. The molecule has 1 aromatic rings. The van der Waals surface area contributed by atoms with Gasteiger partial charge in [-0.3, -0.25) is 9.48 Å². The number of nitrogens with one attached hydrogen (secondary N) is 2. The fraction of sp³-hybridized carbons (Fsp3) is 0.714. The van der Waals surface area contributed by atoms with E-state index in [2.05, 4.69) is 15.7 Å². The molecule has 0 radical (unpaired) electrons. The first kappa shape index (κ1) is 14.8. The number of carbonyl (C=O) groups excluding carboxylic acids is 1. The molecule has 2 heterocycles. The van der Waals surface area contributed by atoms with Gasteiger partial charge < -0.3 is 15.4 Å². The number of aryl methyl sites for hydroxylation is 2. The Kier molecular flexibility index (Phi) is 5.00. The maximum atomic E-state index is 11.8. The summed E-state index contributed by atoms with van der Waals surface area (Å²) >= 11 is 0. The second-order valence-electron chi connectivity index (χ2n) is 5.43. The number of piperidine rings is 1. The number of rotatable bonds is 5. The summed E-state index contributed by atoms with van der Waals surface area (Å²) in [5.41, 5.74) is 1.75. The van der Waals surface area contributed by atoms with E-state index < -0.39 is 0 Å². The number of ether oxygens (including phenoxy) is 1. The summed E-state index contributed by atoms with van der Waals surface area (Å²) in [7, 11) is 1.87. The molecule has 1 aromatic heterocycles. The zero-order valence-corrected chi connectivity index (χ0v) is 12.5. The number of aromatic nitrogens is 2. The van der Waals surface area contributed by atoms with E-state index in [4.69, 9.17) is 4.74 Å². The number of hydrogen-bond acceptors (Lipinski definition) is 4. The maximum absolute atomic E-state index is 11.8. The van der Waals surface area contributed by atoms with Crippen molar-refractivity contribution in [1.82, 2.24) is 20.4 Å². The van der Waals surface area contributed by atoms with Crippen molar-refractivity contribution in [1.29, 1.82) is 0 Å². The van der Waals surface area contributed by atoms with E-state index >= 15 is 0 Å². The normalized spacial score (nSPS) is 18.9. The summed E-state index contributed by atoms with van der Waals surface area (Å²) < 4.78 is 7.34. The van der Waals surface area contributed by atoms with Crippen LogP contribution in [0.25, 0.3) is 0 Å². The molecule has 0 bridgehead atoms. The molecule has 1 aliphatic heterocycles. The van der Waals surface area contributed by atoms with Gasteiger partial charge in [0.2, 0.25) is 0 Å². The van der Waals surface area contributed by atoms with Gasteiger partial charge in [0.25, 0.3) is 5.91 Å². The van der Waals surface area contributed by atoms with Gasteiger partial charge in [-0.05, 0) is 45.7 Å². The van der Waals surface area contributed by atoms with E-state index in [0.717, 1.165) is 31.0 Å². The minimum Gasteiger partial charge on any atom is -0.480 e. The molecule has 1 atom stereocenters. The number of carbonyl (C=O) groups is 1. The highest BCUT2D eigenvalue weighted by Gasteiger charge is 2.15. The van der Waals surface area contributed by atoms with Crippen LogP contribution < -0.4 is 15.4 Å². The number of nitrogens with zero attached hydrogens (tertiary/aromatic N) is 2. The Hall–Kier alpha value is -1.56. The average molecular weight is 280 g/mol.